The van der Waals surface area contributed by atoms with Crippen molar-refractivity contribution in [2.75, 3.05) is 13.1 Å². The molecule has 5 nitrogen and oxygen atoms in total. The number of carbonyl (C=O) groups excluding carboxylic acids is 3. The molecule has 5 aliphatic rings. The summed E-state index contributed by atoms with van der Waals surface area (Å²) in [5.41, 5.74) is -0.184. The number of halogens is 1. The molecule has 4 saturated carbocycles. The fourth-order valence-electron chi connectivity index (χ4n) is 8.20. The molecule has 31 heavy (non-hydrogen) atoms. The number of hydrogen-bond donors (Lipinski definition) is 1. The Balaban J connectivity index is 0.00000231. The molecular weight excluding hydrogens is 414 g/mol. The number of hydrogen-bond acceptors (Lipinski definition) is 5. The largest absolute Gasteiger partial charge is 0.462 e. The Labute approximate surface area is 192 Å². The summed E-state index contributed by atoms with van der Waals surface area (Å²) in [5, 5.41) is 3.30. The zero-order valence-electron chi connectivity index (χ0n) is 19.0. The van der Waals surface area contributed by atoms with Gasteiger partial charge in [0.15, 0.2) is 0 Å². The molecule has 1 heterocycles. The molecular formula is C25H38ClNO4. The zero-order valence-corrected chi connectivity index (χ0v) is 19.8. The van der Waals surface area contributed by atoms with Crippen LogP contribution in [0.5, 0.6) is 0 Å². The average molecular weight is 452 g/mol. The number of ether oxygens (including phenoxy) is 1. The Morgan fingerprint density at radius 1 is 1.00 bits per heavy atom. The number of esters is 1. The van der Waals surface area contributed by atoms with E-state index in [1.807, 2.05) is 0 Å². The number of piperidine rings is 1. The highest BCUT2D eigenvalue weighted by Gasteiger charge is 2.62. The van der Waals surface area contributed by atoms with Gasteiger partial charge in [-0.1, -0.05) is 13.8 Å². The maximum Gasteiger partial charge on any atom is 0.309 e. The summed E-state index contributed by atoms with van der Waals surface area (Å²) < 4.78 is 5.95. The second-order valence-corrected chi connectivity index (χ2v) is 11.4. The van der Waals surface area contributed by atoms with Crippen molar-refractivity contribution in [1.82, 2.24) is 5.32 Å². The Morgan fingerprint density at radius 3 is 2.48 bits per heavy atom. The Bertz CT molecular complexity index is 750. The minimum Gasteiger partial charge on any atom is -0.462 e. The normalized spacial score (nSPS) is 45.2. The van der Waals surface area contributed by atoms with Crippen molar-refractivity contribution >= 4 is 29.9 Å². The van der Waals surface area contributed by atoms with Gasteiger partial charge < -0.3 is 10.1 Å². The summed E-state index contributed by atoms with van der Waals surface area (Å²) in [6.45, 7) is 6.26. The van der Waals surface area contributed by atoms with Gasteiger partial charge in [-0.05, 0) is 87.6 Å². The van der Waals surface area contributed by atoms with E-state index in [2.05, 4.69) is 19.2 Å². The van der Waals surface area contributed by atoms with Gasteiger partial charge in [-0.2, -0.15) is 0 Å². The molecule has 1 saturated heterocycles. The second-order valence-electron chi connectivity index (χ2n) is 11.4. The van der Waals surface area contributed by atoms with Gasteiger partial charge >= 0.3 is 5.97 Å². The maximum atomic E-state index is 13.4. The van der Waals surface area contributed by atoms with E-state index < -0.39 is 0 Å². The Hall–Kier alpha value is -0.940. The van der Waals surface area contributed by atoms with E-state index in [4.69, 9.17) is 4.74 Å². The summed E-state index contributed by atoms with van der Waals surface area (Å²) >= 11 is 0. The smallest absolute Gasteiger partial charge is 0.309 e. The summed E-state index contributed by atoms with van der Waals surface area (Å²) in [4.78, 5) is 38.6. The van der Waals surface area contributed by atoms with Crippen molar-refractivity contribution in [2.45, 2.75) is 84.2 Å². The number of carbonyl (C=O) groups is 3. The van der Waals surface area contributed by atoms with Crippen LogP contribution in [-0.2, 0) is 19.1 Å². The first kappa shape index (κ1) is 23.2. The van der Waals surface area contributed by atoms with Crippen LogP contribution < -0.4 is 5.32 Å². The lowest BCUT2D eigenvalue weighted by Crippen LogP contribution is -2.57. The number of rotatable bonds is 2. The molecule has 0 aromatic heterocycles. The predicted molar refractivity (Wildman–Crippen MR) is 120 cm³/mol. The topological polar surface area (TPSA) is 72.5 Å². The third-order valence-corrected chi connectivity index (χ3v) is 10.1. The highest BCUT2D eigenvalue weighted by Crippen LogP contribution is 2.64. The average Bonchev–Trinajstić information content (AvgIpc) is 3.04. The van der Waals surface area contributed by atoms with Gasteiger partial charge in [-0.25, -0.2) is 0 Å². The van der Waals surface area contributed by atoms with Crippen LogP contribution in [0.25, 0.3) is 0 Å². The summed E-state index contributed by atoms with van der Waals surface area (Å²) in [6, 6.07) is 0. The molecule has 1 N–H and O–H groups in total. The molecule has 0 spiro atoms. The minimum absolute atomic E-state index is 0. The van der Waals surface area contributed by atoms with E-state index in [1.54, 1.807) is 0 Å². The first-order valence-corrected chi connectivity index (χ1v) is 12.3. The van der Waals surface area contributed by atoms with Gasteiger partial charge in [-0.3, -0.25) is 14.4 Å². The third-order valence-electron chi connectivity index (χ3n) is 10.1. The van der Waals surface area contributed by atoms with E-state index in [9.17, 15) is 14.4 Å². The molecule has 1 unspecified atom stereocenters. The lowest BCUT2D eigenvalue weighted by molar-refractivity contribution is -0.172. The standard InChI is InChI=1S/C25H37NO4.ClH/c1-24-9-5-16(30-23(29)15-7-11-26-12-8-15)13-20(24)21(27)14-17-18-3-4-22(28)25(18,2)10-6-19(17)24;/h15-20,26H,3-14H2,1-2H3;1H/t16?,17-,18-,19-,20+,24+,25-;/m0./s1. The van der Waals surface area contributed by atoms with E-state index >= 15 is 0 Å². The van der Waals surface area contributed by atoms with Crippen molar-refractivity contribution in [3.05, 3.63) is 0 Å². The maximum absolute atomic E-state index is 13.4. The van der Waals surface area contributed by atoms with Crippen molar-refractivity contribution in [2.24, 2.45) is 40.4 Å². The Kier molecular flexibility index (Phi) is 6.33. The summed E-state index contributed by atoms with van der Waals surface area (Å²) in [5.74, 6) is 2.07. The van der Waals surface area contributed by atoms with E-state index in [-0.39, 0.29) is 47.1 Å². The van der Waals surface area contributed by atoms with Crippen LogP contribution in [-0.4, -0.2) is 36.7 Å². The molecule has 0 bridgehead atoms. The van der Waals surface area contributed by atoms with Crippen LogP contribution in [0.3, 0.4) is 0 Å². The molecule has 7 atom stereocenters. The van der Waals surface area contributed by atoms with Crippen LogP contribution in [0.4, 0.5) is 0 Å². The van der Waals surface area contributed by atoms with Crippen molar-refractivity contribution in [3.8, 4) is 0 Å². The fraction of sp³-hybridized carbons (Fsp3) is 0.880. The molecule has 0 aromatic carbocycles. The molecule has 4 aliphatic carbocycles. The molecule has 0 amide bonds. The SMILES string of the molecule is C[C@]12CCC(OC(=O)C3CCNCC3)C[C@@H]1C(=O)C[C@@H]1[C@@H]2CC[C@]2(C)C(=O)CC[C@@H]12.Cl. The van der Waals surface area contributed by atoms with E-state index in [1.165, 1.54) is 0 Å². The van der Waals surface area contributed by atoms with Crippen LogP contribution in [0, 0.1) is 40.4 Å². The van der Waals surface area contributed by atoms with Gasteiger partial charge in [0.1, 0.15) is 17.7 Å². The molecule has 1 aliphatic heterocycles. The number of ketones is 2. The van der Waals surface area contributed by atoms with Crippen LogP contribution >= 0.6 is 12.4 Å². The van der Waals surface area contributed by atoms with Gasteiger partial charge in [0.05, 0.1) is 5.92 Å². The second kappa shape index (κ2) is 8.44. The lowest BCUT2D eigenvalue weighted by Gasteiger charge is -2.59. The highest BCUT2D eigenvalue weighted by molar-refractivity contribution is 5.88. The monoisotopic (exact) mass is 451 g/mol. The fourth-order valence-corrected chi connectivity index (χ4v) is 8.20. The number of nitrogens with one attached hydrogen (secondary N) is 1. The quantitative estimate of drug-likeness (QED) is 0.639. The zero-order chi connectivity index (χ0) is 21.1. The van der Waals surface area contributed by atoms with Crippen molar-refractivity contribution < 1.29 is 19.1 Å². The molecule has 5 rings (SSSR count). The van der Waals surface area contributed by atoms with E-state index in [0.29, 0.717) is 48.6 Å². The van der Waals surface area contributed by atoms with Crippen LogP contribution in [0.1, 0.15) is 78.1 Å². The summed E-state index contributed by atoms with van der Waals surface area (Å²) in [7, 11) is 0. The molecule has 174 valence electrons. The highest BCUT2D eigenvalue weighted by atomic mass is 35.5. The van der Waals surface area contributed by atoms with Crippen LogP contribution in [0.15, 0.2) is 0 Å². The van der Waals surface area contributed by atoms with Gasteiger partial charge in [0.25, 0.3) is 0 Å². The van der Waals surface area contributed by atoms with Gasteiger partial charge in [-0.15, -0.1) is 12.4 Å². The van der Waals surface area contributed by atoms with Crippen LogP contribution in [0.2, 0.25) is 0 Å². The predicted octanol–water partition coefficient (Wildman–Crippen LogP) is 4.11. The number of fused-ring (bicyclic) bond motifs is 5. The van der Waals surface area contributed by atoms with Gasteiger partial charge in [0, 0.05) is 24.2 Å². The van der Waals surface area contributed by atoms with Crippen molar-refractivity contribution in [1.29, 1.82) is 0 Å². The molecule has 0 aromatic rings. The molecule has 5 fully saturated rings. The minimum atomic E-state index is -0.188. The lowest BCUT2D eigenvalue weighted by atomic mass is 9.45. The van der Waals surface area contributed by atoms with E-state index in [0.717, 1.165) is 58.0 Å². The first-order chi connectivity index (χ1) is 14.3. The third kappa shape index (κ3) is 3.68. The molecule has 0 radical (unpaired) electrons. The van der Waals surface area contributed by atoms with Crippen molar-refractivity contribution in [3.63, 3.8) is 0 Å². The molecule has 6 heteroatoms. The first-order valence-electron chi connectivity index (χ1n) is 12.3. The summed E-state index contributed by atoms with van der Waals surface area (Å²) in [6.07, 6.45) is 8.52. The van der Waals surface area contributed by atoms with Gasteiger partial charge in [0.2, 0.25) is 0 Å². The number of Topliss-reactive ketones (excluding diaryl/α,β-unsaturated/α-hetero) is 2. The Morgan fingerprint density at radius 2 is 1.74 bits per heavy atom.